The van der Waals surface area contributed by atoms with E-state index in [1.165, 1.54) is 18.7 Å². The van der Waals surface area contributed by atoms with Gasteiger partial charge in [0.2, 0.25) is 0 Å². The highest BCUT2D eigenvalue weighted by atomic mass is 28.3. The summed E-state index contributed by atoms with van der Waals surface area (Å²) in [6.45, 7) is 16.7. The number of hydrogen-bond donors (Lipinski definition) is 0. The molecule has 1 aromatic rings. The Morgan fingerprint density at radius 3 is 2.00 bits per heavy atom. The van der Waals surface area contributed by atoms with Gasteiger partial charge in [-0.15, -0.1) is 0 Å². The van der Waals surface area contributed by atoms with Gasteiger partial charge in [0, 0.05) is 18.8 Å². The minimum atomic E-state index is -1.59. The average Bonchev–Trinajstić information content (AvgIpc) is 2.74. The van der Waals surface area contributed by atoms with E-state index in [4.69, 9.17) is 0 Å². The van der Waals surface area contributed by atoms with E-state index in [1.807, 2.05) is 6.20 Å². The molecule has 19 heavy (non-hydrogen) atoms. The molecule has 0 spiro atoms. The number of imidazole rings is 1. The lowest BCUT2D eigenvalue weighted by Crippen LogP contribution is -2.52. The van der Waals surface area contributed by atoms with Gasteiger partial charge < -0.3 is 4.23 Å². The van der Waals surface area contributed by atoms with Crippen molar-refractivity contribution in [3.63, 3.8) is 0 Å². The van der Waals surface area contributed by atoms with E-state index in [-0.39, 0.29) is 0 Å². The van der Waals surface area contributed by atoms with Crippen LogP contribution in [-0.4, -0.2) is 17.5 Å². The zero-order valence-corrected chi connectivity index (χ0v) is 14.9. The van der Waals surface area contributed by atoms with Gasteiger partial charge in [0.15, 0.2) is 8.24 Å². The molecular weight excluding hydrogens is 248 g/mol. The van der Waals surface area contributed by atoms with Gasteiger partial charge in [-0.2, -0.15) is 0 Å². The van der Waals surface area contributed by atoms with E-state index >= 15 is 0 Å². The Balaban J connectivity index is 3.29. The zero-order chi connectivity index (χ0) is 14.6. The van der Waals surface area contributed by atoms with Crippen LogP contribution in [0.2, 0.25) is 16.6 Å². The summed E-state index contributed by atoms with van der Waals surface area (Å²) < 4.78 is 2.63. The first-order valence-electron chi connectivity index (χ1n) is 7.91. The molecule has 0 aliphatic rings. The lowest BCUT2D eigenvalue weighted by atomic mass is 10.2. The van der Waals surface area contributed by atoms with E-state index in [1.54, 1.807) is 0 Å². The molecule has 1 aromatic heterocycles. The first-order valence-corrected chi connectivity index (χ1v) is 10.1. The summed E-state index contributed by atoms with van der Waals surface area (Å²) in [7, 11) is -1.59. The van der Waals surface area contributed by atoms with Crippen LogP contribution in [0.3, 0.4) is 0 Å². The quantitative estimate of drug-likeness (QED) is 0.624. The number of rotatable bonds is 7. The van der Waals surface area contributed by atoms with Gasteiger partial charge in [-0.25, -0.2) is 4.98 Å². The maximum absolute atomic E-state index is 4.66. The first-order chi connectivity index (χ1) is 8.88. The van der Waals surface area contributed by atoms with E-state index in [0.29, 0.717) is 0 Å². The molecule has 0 saturated heterocycles. The molecule has 0 radical (unpaired) electrons. The summed E-state index contributed by atoms with van der Waals surface area (Å²) in [4.78, 5) is 4.66. The molecule has 0 atom stereocenters. The topological polar surface area (TPSA) is 17.8 Å². The minimum absolute atomic E-state index is 0.738. The van der Waals surface area contributed by atoms with Crippen molar-refractivity contribution in [1.29, 1.82) is 0 Å². The maximum Gasteiger partial charge on any atom is 0.170 e. The fourth-order valence-corrected chi connectivity index (χ4v) is 10.7. The van der Waals surface area contributed by atoms with Gasteiger partial charge in [-0.1, -0.05) is 54.9 Å². The molecule has 0 amide bonds. The summed E-state index contributed by atoms with van der Waals surface area (Å²) in [5.74, 6) is 1.32. The predicted octanol–water partition coefficient (Wildman–Crippen LogP) is 5.25. The number of hydrogen-bond acceptors (Lipinski definition) is 1. The van der Waals surface area contributed by atoms with Gasteiger partial charge in [-0.05, 0) is 23.0 Å². The standard InChI is InChI=1S/C16H32N2Si/c1-8-9-10-16-17-11-12-18(16)19(13(2)3,14(4)5)15(6)7/h11-15H,8-10H2,1-7H3. The van der Waals surface area contributed by atoms with Gasteiger partial charge in [0.25, 0.3) is 0 Å². The average molecular weight is 281 g/mol. The van der Waals surface area contributed by atoms with Crippen molar-refractivity contribution in [3.05, 3.63) is 18.2 Å². The Kier molecular flexibility index (Phi) is 5.84. The van der Waals surface area contributed by atoms with Crippen LogP contribution in [0.1, 0.15) is 67.1 Å². The molecule has 0 aliphatic heterocycles. The molecular formula is C16H32N2Si. The van der Waals surface area contributed by atoms with Crippen LogP contribution in [0.25, 0.3) is 0 Å². The Labute approximate surface area is 120 Å². The SMILES string of the molecule is CCCCc1nccn1[Si](C(C)C)(C(C)C)C(C)C. The molecule has 2 nitrogen and oxygen atoms in total. The Hall–Kier alpha value is -0.573. The monoisotopic (exact) mass is 280 g/mol. The third-order valence-electron chi connectivity index (χ3n) is 4.66. The molecule has 0 N–H and O–H groups in total. The highest BCUT2D eigenvalue weighted by Gasteiger charge is 2.45. The predicted molar refractivity (Wildman–Crippen MR) is 87.3 cm³/mol. The van der Waals surface area contributed by atoms with Gasteiger partial charge in [0.1, 0.15) is 5.82 Å². The van der Waals surface area contributed by atoms with Crippen LogP contribution < -0.4 is 0 Å². The maximum atomic E-state index is 4.66. The molecule has 1 heterocycles. The van der Waals surface area contributed by atoms with Crippen LogP contribution in [0.15, 0.2) is 12.4 Å². The molecule has 0 saturated carbocycles. The summed E-state index contributed by atoms with van der Waals surface area (Å²) >= 11 is 0. The van der Waals surface area contributed by atoms with Gasteiger partial charge in [-0.3, -0.25) is 0 Å². The summed E-state index contributed by atoms with van der Waals surface area (Å²) in [5, 5.41) is 0. The van der Waals surface area contributed by atoms with Crippen LogP contribution in [0.4, 0.5) is 0 Å². The molecule has 0 fully saturated rings. The lowest BCUT2D eigenvalue weighted by Gasteiger charge is -2.44. The second kappa shape index (κ2) is 6.73. The van der Waals surface area contributed by atoms with Crippen molar-refractivity contribution in [2.24, 2.45) is 0 Å². The summed E-state index contributed by atoms with van der Waals surface area (Å²) in [6.07, 6.45) is 7.89. The number of aryl methyl sites for hydroxylation is 1. The first kappa shape index (κ1) is 16.5. The van der Waals surface area contributed by atoms with Crippen molar-refractivity contribution in [2.75, 3.05) is 0 Å². The van der Waals surface area contributed by atoms with Crippen molar-refractivity contribution < 1.29 is 0 Å². The number of unbranched alkanes of at least 4 members (excludes halogenated alkanes) is 1. The van der Waals surface area contributed by atoms with Gasteiger partial charge >= 0.3 is 0 Å². The second-order valence-electron chi connectivity index (χ2n) is 6.67. The summed E-state index contributed by atoms with van der Waals surface area (Å²) in [6, 6.07) is 0. The van der Waals surface area contributed by atoms with Crippen molar-refractivity contribution in [1.82, 2.24) is 9.22 Å². The van der Waals surface area contributed by atoms with Crippen LogP contribution in [-0.2, 0) is 6.42 Å². The fourth-order valence-electron chi connectivity index (χ4n) is 4.04. The molecule has 0 aromatic carbocycles. The van der Waals surface area contributed by atoms with Crippen LogP contribution in [0, 0.1) is 0 Å². The van der Waals surface area contributed by atoms with E-state index in [9.17, 15) is 0 Å². The smallest absolute Gasteiger partial charge is 0.170 e. The highest BCUT2D eigenvalue weighted by molar-refractivity contribution is 6.82. The number of nitrogens with zero attached hydrogens (tertiary/aromatic N) is 2. The van der Waals surface area contributed by atoms with Crippen LogP contribution in [0.5, 0.6) is 0 Å². The zero-order valence-electron chi connectivity index (χ0n) is 13.9. The van der Waals surface area contributed by atoms with Crippen molar-refractivity contribution in [2.45, 2.75) is 84.4 Å². The van der Waals surface area contributed by atoms with E-state index < -0.39 is 8.24 Å². The summed E-state index contributed by atoms with van der Waals surface area (Å²) in [5.41, 5.74) is 2.21. The highest BCUT2D eigenvalue weighted by Crippen LogP contribution is 2.43. The Morgan fingerprint density at radius 2 is 1.58 bits per heavy atom. The lowest BCUT2D eigenvalue weighted by molar-refractivity contribution is 0.706. The molecule has 3 heteroatoms. The van der Waals surface area contributed by atoms with Gasteiger partial charge in [0.05, 0.1) is 0 Å². The third-order valence-corrected chi connectivity index (χ3v) is 11.5. The van der Waals surface area contributed by atoms with E-state index in [0.717, 1.165) is 23.0 Å². The Morgan fingerprint density at radius 1 is 1.05 bits per heavy atom. The molecule has 110 valence electrons. The molecule has 1 rings (SSSR count). The fraction of sp³-hybridized carbons (Fsp3) is 0.812. The van der Waals surface area contributed by atoms with Crippen molar-refractivity contribution in [3.8, 4) is 0 Å². The minimum Gasteiger partial charge on any atom is -0.361 e. The molecule has 0 aliphatic carbocycles. The number of aromatic nitrogens is 2. The molecule has 0 unspecified atom stereocenters. The second-order valence-corrected chi connectivity index (χ2v) is 12.4. The third kappa shape index (κ3) is 2.96. The van der Waals surface area contributed by atoms with Crippen molar-refractivity contribution >= 4 is 8.24 Å². The van der Waals surface area contributed by atoms with E-state index in [2.05, 4.69) is 63.9 Å². The molecule has 0 bridgehead atoms. The normalized spacial score (nSPS) is 12.9. The van der Waals surface area contributed by atoms with Crippen LogP contribution >= 0.6 is 0 Å². The largest absolute Gasteiger partial charge is 0.361 e. The Bertz CT molecular complexity index is 358.